The van der Waals surface area contributed by atoms with E-state index in [-0.39, 0.29) is 0 Å². The predicted molar refractivity (Wildman–Crippen MR) is 134 cm³/mol. The molecule has 0 radical (unpaired) electrons. The average molecular weight is 460 g/mol. The zero-order valence-electron chi connectivity index (χ0n) is 19.7. The smallest absolute Gasteiger partial charge is 0.411 e. The molecule has 0 saturated heterocycles. The number of hydrogen-bond acceptors (Lipinski definition) is 4. The molecule has 0 aliphatic carbocycles. The quantitative estimate of drug-likeness (QED) is 0.497. The Balaban J connectivity index is 2.02. The van der Waals surface area contributed by atoms with Crippen molar-refractivity contribution < 1.29 is 9.46 Å². The van der Waals surface area contributed by atoms with Crippen molar-refractivity contribution in [3.8, 4) is 17.2 Å². The van der Waals surface area contributed by atoms with Gasteiger partial charge in [0.15, 0.2) is 0 Å². The number of nitriles is 1. The normalized spacial score (nSPS) is 15.9. The van der Waals surface area contributed by atoms with Crippen molar-refractivity contribution in [3.05, 3.63) is 88.2 Å². The van der Waals surface area contributed by atoms with E-state index in [1.54, 1.807) is 0 Å². The van der Waals surface area contributed by atoms with Crippen molar-refractivity contribution in [2.45, 2.75) is 40.5 Å². The van der Waals surface area contributed by atoms with Gasteiger partial charge in [0.25, 0.3) is 0 Å². The fourth-order valence-electron chi connectivity index (χ4n) is 4.05. The van der Waals surface area contributed by atoms with Crippen molar-refractivity contribution in [3.63, 3.8) is 0 Å². The van der Waals surface area contributed by atoms with Crippen LogP contribution in [0, 0.1) is 18.3 Å². The summed E-state index contributed by atoms with van der Waals surface area (Å²) in [6.07, 6.45) is 5.53. The van der Waals surface area contributed by atoms with Crippen LogP contribution in [0.4, 0.5) is 5.69 Å². The van der Waals surface area contributed by atoms with Gasteiger partial charge in [-0.2, -0.15) is 5.26 Å². The molecule has 2 aromatic rings. The summed E-state index contributed by atoms with van der Waals surface area (Å²) in [6, 6.07) is 16.1. The Morgan fingerprint density at radius 2 is 2.00 bits per heavy atom. The van der Waals surface area contributed by atoms with Crippen LogP contribution in [0.25, 0.3) is 11.1 Å². The number of benzene rings is 2. The van der Waals surface area contributed by atoms with Crippen LogP contribution in [0.3, 0.4) is 0 Å². The van der Waals surface area contributed by atoms with Crippen molar-refractivity contribution in [2.24, 2.45) is 0 Å². The molecule has 1 unspecified atom stereocenters. The van der Waals surface area contributed by atoms with Gasteiger partial charge in [-0.3, -0.25) is 0 Å². The zero-order valence-corrected chi connectivity index (χ0v) is 20.6. The highest BCUT2D eigenvalue weighted by Gasteiger charge is 2.27. The first kappa shape index (κ1) is 24.6. The third kappa shape index (κ3) is 5.86. The van der Waals surface area contributed by atoms with Crippen LogP contribution in [0.5, 0.6) is 0 Å². The van der Waals surface area contributed by atoms with Crippen LogP contribution in [-0.2, 0) is 4.57 Å². The van der Waals surface area contributed by atoms with Gasteiger partial charge < -0.3 is 10.2 Å². The summed E-state index contributed by atoms with van der Waals surface area (Å²) in [5, 5.41) is 12.7. The summed E-state index contributed by atoms with van der Waals surface area (Å²) in [4.78, 5) is 11.6. The van der Waals surface area contributed by atoms with E-state index in [4.69, 9.17) is 5.26 Å². The number of aryl methyl sites for hydroxylation is 1. The highest BCUT2D eigenvalue weighted by atomic mass is 31.1. The van der Waals surface area contributed by atoms with Crippen molar-refractivity contribution in [1.82, 2.24) is 4.67 Å². The van der Waals surface area contributed by atoms with Crippen molar-refractivity contribution >= 4 is 13.9 Å². The van der Waals surface area contributed by atoms with Gasteiger partial charge in [0.05, 0.1) is 18.2 Å². The molecule has 3 rings (SSSR count). The van der Waals surface area contributed by atoms with E-state index in [1.807, 2.05) is 43.3 Å². The molecular formula is C27H30N3O2P. The number of nitrogens with one attached hydrogen (secondary N) is 1. The second kappa shape index (κ2) is 11.2. The van der Waals surface area contributed by atoms with Crippen LogP contribution in [0.2, 0.25) is 0 Å². The van der Waals surface area contributed by atoms with Gasteiger partial charge in [-0.15, -0.1) is 0 Å². The Bertz CT molecular complexity index is 1170. The second-order valence-electron chi connectivity index (χ2n) is 8.23. The molecule has 0 amide bonds. The Labute approximate surface area is 197 Å². The fraction of sp³-hybridized carbons (Fsp3) is 0.296. The summed E-state index contributed by atoms with van der Waals surface area (Å²) in [6.45, 7) is 9.17. The minimum absolute atomic E-state index is 0.394. The lowest BCUT2D eigenvalue weighted by Crippen LogP contribution is -2.29. The molecule has 0 saturated carbocycles. The molecule has 0 bridgehead atoms. The van der Waals surface area contributed by atoms with E-state index in [9.17, 15) is 9.46 Å². The molecule has 1 atom stereocenters. The minimum atomic E-state index is -2.59. The Hall–Kier alpha value is -3.03. The second-order valence-corrected chi connectivity index (χ2v) is 9.27. The summed E-state index contributed by atoms with van der Waals surface area (Å²) in [7, 11) is -2.59. The van der Waals surface area contributed by atoms with Gasteiger partial charge in [-0.1, -0.05) is 46.5 Å². The van der Waals surface area contributed by atoms with Crippen LogP contribution >= 0.6 is 8.18 Å². The highest BCUT2D eigenvalue weighted by molar-refractivity contribution is 7.33. The van der Waals surface area contributed by atoms with Gasteiger partial charge in [-0.05, 0) is 91.3 Å². The van der Waals surface area contributed by atoms with Gasteiger partial charge in [0.2, 0.25) is 0 Å². The lowest BCUT2D eigenvalue weighted by molar-refractivity contribution is -0.175. The third-order valence-corrected chi connectivity index (χ3v) is 6.85. The highest BCUT2D eigenvalue weighted by Crippen LogP contribution is 2.34. The van der Waals surface area contributed by atoms with E-state index in [0.29, 0.717) is 25.1 Å². The summed E-state index contributed by atoms with van der Waals surface area (Å²) >= 11 is 0. The molecule has 1 N–H and O–H groups in total. The topological polar surface area (TPSA) is 79.2 Å². The van der Waals surface area contributed by atoms with Gasteiger partial charge in [0.1, 0.15) is 0 Å². The van der Waals surface area contributed by atoms with Crippen LogP contribution in [0.15, 0.2) is 77.0 Å². The minimum Gasteiger partial charge on any atom is -0.578 e. The third-order valence-electron chi connectivity index (χ3n) is 6.05. The Kier molecular flexibility index (Phi) is 8.36. The monoisotopic (exact) mass is 459 g/mol. The van der Waals surface area contributed by atoms with Gasteiger partial charge >= 0.3 is 8.18 Å². The summed E-state index contributed by atoms with van der Waals surface area (Å²) in [5.41, 5.74) is 9.45. The van der Waals surface area contributed by atoms with Crippen LogP contribution in [-0.4, -0.2) is 17.8 Å². The maximum atomic E-state index is 11.6. The van der Waals surface area contributed by atoms with E-state index >= 15 is 0 Å². The Morgan fingerprint density at radius 3 is 2.61 bits per heavy atom. The van der Waals surface area contributed by atoms with E-state index in [1.165, 1.54) is 15.8 Å². The van der Waals surface area contributed by atoms with Crippen LogP contribution in [0.1, 0.15) is 44.7 Å². The van der Waals surface area contributed by atoms with E-state index < -0.39 is 8.18 Å². The number of nitrogens with zero attached hydrogens (tertiary/aromatic N) is 2. The van der Waals surface area contributed by atoms with Crippen molar-refractivity contribution in [2.75, 3.05) is 18.4 Å². The number of rotatable bonds is 7. The molecule has 0 fully saturated rings. The first-order valence-electron chi connectivity index (χ1n) is 11.2. The zero-order chi connectivity index (χ0) is 24.0. The lowest BCUT2D eigenvalue weighted by Gasteiger charge is -2.27. The molecule has 1 heterocycles. The number of allylic oxidation sites excluding steroid dienone is 3. The molecule has 0 aromatic heterocycles. The largest absolute Gasteiger partial charge is 0.578 e. The van der Waals surface area contributed by atoms with E-state index in [0.717, 1.165) is 40.1 Å². The van der Waals surface area contributed by atoms with Crippen molar-refractivity contribution in [1.29, 1.82) is 5.26 Å². The first-order chi connectivity index (χ1) is 15.9. The maximum Gasteiger partial charge on any atom is 0.411 e. The molecular weight excluding hydrogens is 429 g/mol. The molecule has 5 nitrogen and oxygen atoms in total. The number of anilines is 1. The molecule has 33 heavy (non-hydrogen) atoms. The predicted octanol–water partition coefficient (Wildman–Crippen LogP) is 6.23. The maximum absolute atomic E-state index is 11.6. The molecule has 2 aromatic carbocycles. The molecule has 1 aliphatic heterocycles. The molecule has 1 aliphatic rings. The average Bonchev–Trinajstić information content (AvgIpc) is 2.83. The SMILES string of the molecule is C/C=C\C1=C(C(Nc2ccc(C)c(-c3ccc(C#N)cc3)c2)=C(C)CC)CCN([P+](=O)[O-])C1. The first-order valence-corrected chi connectivity index (χ1v) is 12.3. The van der Waals surface area contributed by atoms with Crippen LogP contribution < -0.4 is 10.2 Å². The van der Waals surface area contributed by atoms with E-state index in [2.05, 4.69) is 50.4 Å². The van der Waals surface area contributed by atoms with Gasteiger partial charge in [-0.25, -0.2) is 0 Å². The summed E-state index contributed by atoms with van der Waals surface area (Å²) in [5.74, 6) is 0. The Morgan fingerprint density at radius 1 is 1.27 bits per heavy atom. The summed E-state index contributed by atoms with van der Waals surface area (Å²) < 4.78 is 13.1. The standard InChI is InChI=1S/C27H30N3O2P/c1-5-7-23-18-30(33(31)32)15-14-25(23)27(19(3)6-2)29-24-13-8-20(4)26(16-24)22-11-9-21(17-28)10-12-22/h5,7-13,16,29H,6,14-15,18H2,1-4H3/b7-5-,27-19?. The molecule has 0 spiro atoms. The number of hydrogen-bond donors (Lipinski definition) is 1. The molecule has 170 valence electrons. The molecule has 6 heteroatoms. The lowest BCUT2D eigenvalue weighted by atomic mass is 9.93. The van der Waals surface area contributed by atoms with Gasteiger partial charge in [0, 0.05) is 17.9 Å². The fourth-order valence-corrected chi connectivity index (χ4v) is 4.58.